The number of aryl methyl sites for hydroxylation is 2. The summed E-state index contributed by atoms with van der Waals surface area (Å²) >= 11 is 0. The third-order valence-electron chi connectivity index (χ3n) is 3.21. The lowest BCUT2D eigenvalue weighted by atomic mass is 10.1. The van der Waals surface area contributed by atoms with Crippen molar-refractivity contribution in [1.82, 2.24) is 4.90 Å². The van der Waals surface area contributed by atoms with E-state index in [2.05, 4.69) is 36.9 Å². The van der Waals surface area contributed by atoms with Gasteiger partial charge in [-0.15, -0.1) is 0 Å². The first-order valence-corrected chi connectivity index (χ1v) is 6.26. The Bertz CT molecular complexity index is 415. The van der Waals surface area contributed by atoms with E-state index in [1.54, 1.807) is 0 Å². The molecule has 0 saturated heterocycles. The number of carbonyl (C=O) groups excluding carboxylic acids is 1. The maximum atomic E-state index is 11.3. The highest BCUT2D eigenvalue weighted by Gasteiger charge is 2.15. The molecule has 0 saturated carbocycles. The lowest BCUT2D eigenvalue weighted by Gasteiger charge is -2.20. The van der Waals surface area contributed by atoms with Crippen LogP contribution in [-0.4, -0.2) is 31.6 Å². The average molecular weight is 249 g/mol. The molecule has 0 N–H and O–H groups in total. The number of benzene rings is 1. The first-order chi connectivity index (χ1) is 8.43. The standard InChI is InChI=1S/C15H23NO2/c1-11-6-7-14(8-12(11)2)10-16(4)9-13(3)15(17)18-5/h6-8,13H,9-10H2,1-5H3. The van der Waals surface area contributed by atoms with Gasteiger partial charge in [0, 0.05) is 13.1 Å². The van der Waals surface area contributed by atoms with Gasteiger partial charge in [-0.3, -0.25) is 4.79 Å². The Labute approximate surface area is 110 Å². The fourth-order valence-corrected chi connectivity index (χ4v) is 2.02. The molecular formula is C15H23NO2. The summed E-state index contributed by atoms with van der Waals surface area (Å²) in [7, 11) is 3.46. The van der Waals surface area contributed by atoms with Crippen molar-refractivity contribution in [1.29, 1.82) is 0 Å². The van der Waals surface area contributed by atoms with Gasteiger partial charge in [-0.25, -0.2) is 0 Å². The van der Waals surface area contributed by atoms with Gasteiger partial charge < -0.3 is 9.64 Å². The molecular weight excluding hydrogens is 226 g/mol. The molecule has 1 atom stereocenters. The number of esters is 1. The van der Waals surface area contributed by atoms with Crippen molar-refractivity contribution < 1.29 is 9.53 Å². The third-order valence-corrected chi connectivity index (χ3v) is 3.21. The van der Waals surface area contributed by atoms with Crippen LogP contribution in [-0.2, 0) is 16.1 Å². The molecule has 1 unspecified atom stereocenters. The zero-order valence-corrected chi connectivity index (χ0v) is 12.0. The van der Waals surface area contributed by atoms with Crippen LogP contribution in [0.25, 0.3) is 0 Å². The van der Waals surface area contributed by atoms with Crippen molar-refractivity contribution in [3.63, 3.8) is 0 Å². The van der Waals surface area contributed by atoms with E-state index < -0.39 is 0 Å². The second kappa shape index (κ2) is 6.55. The highest BCUT2D eigenvalue weighted by atomic mass is 16.5. The molecule has 0 spiro atoms. The largest absolute Gasteiger partial charge is 0.469 e. The zero-order chi connectivity index (χ0) is 13.7. The van der Waals surface area contributed by atoms with E-state index in [9.17, 15) is 4.79 Å². The van der Waals surface area contributed by atoms with Crippen molar-refractivity contribution in [2.45, 2.75) is 27.3 Å². The quantitative estimate of drug-likeness (QED) is 0.751. The minimum atomic E-state index is -0.151. The lowest BCUT2D eigenvalue weighted by molar-refractivity contribution is -0.145. The molecule has 0 radical (unpaired) electrons. The van der Waals surface area contributed by atoms with Gasteiger partial charge in [0.1, 0.15) is 0 Å². The number of hydrogen-bond donors (Lipinski definition) is 0. The van der Waals surface area contributed by atoms with Crippen LogP contribution in [0.1, 0.15) is 23.6 Å². The molecule has 0 aliphatic carbocycles. The highest BCUT2D eigenvalue weighted by Crippen LogP contribution is 2.12. The zero-order valence-electron chi connectivity index (χ0n) is 12.0. The smallest absolute Gasteiger partial charge is 0.309 e. The fraction of sp³-hybridized carbons (Fsp3) is 0.533. The Morgan fingerprint density at radius 3 is 2.56 bits per heavy atom. The van der Waals surface area contributed by atoms with Gasteiger partial charge in [-0.05, 0) is 37.6 Å². The molecule has 0 aromatic heterocycles. The average Bonchev–Trinajstić information content (AvgIpc) is 2.32. The molecule has 100 valence electrons. The second-order valence-electron chi connectivity index (χ2n) is 5.04. The summed E-state index contributed by atoms with van der Waals surface area (Å²) in [6.07, 6.45) is 0. The topological polar surface area (TPSA) is 29.5 Å². The summed E-state index contributed by atoms with van der Waals surface area (Å²) in [5, 5.41) is 0. The molecule has 3 nitrogen and oxygen atoms in total. The molecule has 0 aliphatic rings. The molecule has 1 aromatic rings. The molecule has 3 heteroatoms. The summed E-state index contributed by atoms with van der Waals surface area (Å²) in [6, 6.07) is 6.48. The number of methoxy groups -OCH3 is 1. The predicted octanol–water partition coefficient (Wildman–Crippen LogP) is 2.54. The summed E-state index contributed by atoms with van der Waals surface area (Å²) in [5.74, 6) is -0.242. The molecule has 0 amide bonds. The maximum Gasteiger partial charge on any atom is 0.309 e. The molecule has 1 aromatic carbocycles. The van der Waals surface area contributed by atoms with Gasteiger partial charge in [0.15, 0.2) is 0 Å². The fourth-order valence-electron chi connectivity index (χ4n) is 2.02. The van der Waals surface area contributed by atoms with Gasteiger partial charge in [0.25, 0.3) is 0 Å². The Morgan fingerprint density at radius 1 is 1.33 bits per heavy atom. The van der Waals surface area contributed by atoms with Crippen LogP contribution >= 0.6 is 0 Å². The molecule has 0 heterocycles. The summed E-state index contributed by atoms with van der Waals surface area (Å²) in [5.41, 5.74) is 3.89. The van der Waals surface area contributed by atoms with E-state index in [0.717, 1.165) is 6.54 Å². The van der Waals surface area contributed by atoms with Crippen LogP contribution in [0.4, 0.5) is 0 Å². The normalized spacial score (nSPS) is 12.6. The summed E-state index contributed by atoms with van der Waals surface area (Å²) in [6.45, 7) is 7.68. The first kappa shape index (κ1) is 14.7. The van der Waals surface area contributed by atoms with E-state index in [1.165, 1.54) is 23.8 Å². The number of hydrogen-bond acceptors (Lipinski definition) is 3. The molecule has 0 fully saturated rings. The highest BCUT2D eigenvalue weighted by molar-refractivity contribution is 5.72. The van der Waals surface area contributed by atoms with E-state index in [0.29, 0.717) is 6.54 Å². The second-order valence-corrected chi connectivity index (χ2v) is 5.04. The molecule has 1 rings (SSSR count). The van der Waals surface area contributed by atoms with Gasteiger partial charge >= 0.3 is 5.97 Å². The van der Waals surface area contributed by atoms with Crippen LogP contribution in [0.2, 0.25) is 0 Å². The summed E-state index contributed by atoms with van der Waals surface area (Å²) < 4.78 is 4.73. The van der Waals surface area contributed by atoms with E-state index in [4.69, 9.17) is 4.74 Å². The van der Waals surface area contributed by atoms with Gasteiger partial charge in [-0.2, -0.15) is 0 Å². The minimum absolute atomic E-state index is 0.0912. The minimum Gasteiger partial charge on any atom is -0.469 e. The Kier molecular flexibility index (Phi) is 5.35. The summed E-state index contributed by atoms with van der Waals surface area (Å²) in [4.78, 5) is 13.5. The van der Waals surface area contributed by atoms with Crippen LogP contribution < -0.4 is 0 Å². The van der Waals surface area contributed by atoms with E-state index in [-0.39, 0.29) is 11.9 Å². The van der Waals surface area contributed by atoms with Crippen molar-refractivity contribution in [2.24, 2.45) is 5.92 Å². The van der Waals surface area contributed by atoms with Crippen molar-refractivity contribution >= 4 is 5.97 Å². The van der Waals surface area contributed by atoms with Crippen molar-refractivity contribution in [3.05, 3.63) is 34.9 Å². The van der Waals surface area contributed by atoms with Crippen LogP contribution in [0.15, 0.2) is 18.2 Å². The SMILES string of the molecule is COC(=O)C(C)CN(C)Cc1ccc(C)c(C)c1. The molecule has 18 heavy (non-hydrogen) atoms. The third kappa shape index (κ3) is 4.15. The van der Waals surface area contributed by atoms with Crippen LogP contribution in [0.5, 0.6) is 0 Å². The Morgan fingerprint density at radius 2 is 2.00 bits per heavy atom. The maximum absolute atomic E-state index is 11.3. The number of rotatable bonds is 5. The number of nitrogens with zero attached hydrogens (tertiary/aromatic N) is 1. The lowest BCUT2D eigenvalue weighted by Crippen LogP contribution is -2.29. The van der Waals surface area contributed by atoms with Gasteiger partial charge in [-0.1, -0.05) is 25.1 Å². The van der Waals surface area contributed by atoms with Crippen molar-refractivity contribution in [3.8, 4) is 0 Å². The number of ether oxygens (including phenoxy) is 1. The number of carbonyl (C=O) groups is 1. The van der Waals surface area contributed by atoms with Gasteiger partial charge in [0.05, 0.1) is 13.0 Å². The predicted molar refractivity (Wildman–Crippen MR) is 73.4 cm³/mol. The van der Waals surface area contributed by atoms with Crippen LogP contribution in [0, 0.1) is 19.8 Å². The Balaban J connectivity index is 2.56. The molecule has 0 bridgehead atoms. The monoisotopic (exact) mass is 249 g/mol. The Hall–Kier alpha value is -1.35. The van der Waals surface area contributed by atoms with Crippen molar-refractivity contribution in [2.75, 3.05) is 20.7 Å². The molecule has 0 aliphatic heterocycles. The van der Waals surface area contributed by atoms with Crippen LogP contribution in [0.3, 0.4) is 0 Å². The van der Waals surface area contributed by atoms with E-state index in [1.807, 2.05) is 14.0 Å². The van der Waals surface area contributed by atoms with E-state index >= 15 is 0 Å². The van der Waals surface area contributed by atoms with Gasteiger partial charge in [0.2, 0.25) is 0 Å². The first-order valence-electron chi connectivity index (χ1n) is 6.26.